The van der Waals surface area contributed by atoms with Gasteiger partial charge in [0.25, 0.3) is 0 Å². The highest BCUT2D eigenvalue weighted by Crippen LogP contribution is 2.33. The molecule has 0 atom stereocenters. The molecule has 0 spiro atoms. The Hall–Kier alpha value is -2.40. The zero-order valence-electron chi connectivity index (χ0n) is 13.9. The Morgan fingerprint density at radius 1 is 1.04 bits per heavy atom. The summed E-state index contributed by atoms with van der Waals surface area (Å²) in [4.78, 5) is 21.8. The monoisotopic (exact) mass is 349 g/mol. The predicted octanol–water partition coefficient (Wildman–Crippen LogP) is 3.32. The highest BCUT2D eigenvalue weighted by molar-refractivity contribution is 7.22. The topological polar surface area (TPSA) is 36.4 Å². The van der Waals surface area contributed by atoms with Crippen LogP contribution in [0.15, 0.2) is 48.5 Å². The average Bonchev–Trinajstić information content (AvgIpc) is 3.03. The molecule has 0 radical (unpaired) electrons. The number of aromatic nitrogens is 1. The molecule has 1 saturated heterocycles. The second-order valence-electron chi connectivity index (χ2n) is 6.84. The van der Waals surface area contributed by atoms with Gasteiger partial charge in [-0.25, -0.2) is 4.98 Å². The van der Waals surface area contributed by atoms with Crippen LogP contribution in [-0.2, 0) is 17.8 Å². The minimum Gasteiger partial charge on any atom is -0.346 e. The van der Waals surface area contributed by atoms with Gasteiger partial charge in [0.1, 0.15) is 0 Å². The third-order valence-corrected chi connectivity index (χ3v) is 6.32. The number of nitrogens with zero attached hydrogens (tertiary/aromatic N) is 3. The molecule has 0 aliphatic carbocycles. The molecule has 1 amide bonds. The summed E-state index contributed by atoms with van der Waals surface area (Å²) in [5, 5.41) is 1.04. The molecule has 25 heavy (non-hydrogen) atoms. The van der Waals surface area contributed by atoms with E-state index in [1.165, 1.54) is 15.8 Å². The van der Waals surface area contributed by atoms with E-state index in [4.69, 9.17) is 4.98 Å². The number of rotatable bonds is 2. The molecule has 1 fully saturated rings. The van der Waals surface area contributed by atoms with Crippen molar-refractivity contribution < 1.29 is 4.79 Å². The summed E-state index contributed by atoms with van der Waals surface area (Å²) in [6, 6.07) is 16.7. The van der Waals surface area contributed by atoms with Gasteiger partial charge in [0, 0.05) is 26.2 Å². The molecular weight excluding hydrogens is 330 g/mol. The van der Waals surface area contributed by atoms with Crippen LogP contribution in [0.25, 0.3) is 10.2 Å². The zero-order chi connectivity index (χ0) is 16.8. The van der Waals surface area contributed by atoms with E-state index in [0.29, 0.717) is 5.91 Å². The summed E-state index contributed by atoms with van der Waals surface area (Å²) in [5.74, 6) is 0.407. The number of carbonyl (C=O) groups is 1. The fourth-order valence-corrected chi connectivity index (χ4v) is 4.71. The summed E-state index contributed by atoms with van der Waals surface area (Å²) in [7, 11) is 0. The van der Waals surface area contributed by atoms with Crippen molar-refractivity contribution in [1.29, 1.82) is 0 Å². The molecule has 2 aromatic carbocycles. The normalized spacial score (nSPS) is 17.4. The molecule has 0 saturated carbocycles. The van der Waals surface area contributed by atoms with E-state index in [2.05, 4.69) is 35.2 Å². The second kappa shape index (κ2) is 5.85. The molecule has 0 unspecified atom stereocenters. The maximum atomic E-state index is 12.8. The van der Waals surface area contributed by atoms with Crippen LogP contribution in [0.2, 0.25) is 0 Å². The number of hydrogen-bond acceptors (Lipinski definition) is 4. The van der Waals surface area contributed by atoms with Crippen molar-refractivity contribution in [2.45, 2.75) is 13.0 Å². The van der Waals surface area contributed by atoms with E-state index in [-0.39, 0.29) is 5.92 Å². The molecule has 2 aliphatic heterocycles. The van der Waals surface area contributed by atoms with Crippen LogP contribution < -0.4 is 4.90 Å². The Labute approximate surface area is 150 Å². The third-order valence-electron chi connectivity index (χ3n) is 5.23. The summed E-state index contributed by atoms with van der Waals surface area (Å²) in [6.07, 6.45) is 0.968. The Kier molecular flexibility index (Phi) is 3.48. The van der Waals surface area contributed by atoms with Gasteiger partial charge in [-0.3, -0.25) is 4.79 Å². The van der Waals surface area contributed by atoms with Crippen LogP contribution in [0, 0.1) is 5.92 Å². The molecule has 5 rings (SSSR count). The molecule has 5 heteroatoms. The first-order valence-corrected chi connectivity index (χ1v) is 9.56. The van der Waals surface area contributed by atoms with Crippen LogP contribution in [0.3, 0.4) is 0 Å². The highest BCUT2D eigenvalue weighted by atomic mass is 32.1. The fraction of sp³-hybridized carbons (Fsp3) is 0.300. The van der Waals surface area contributed by atoms with Crippen molar-refractivity contribution in [2.75, 3.05) is 24.5 Å². The van der Waals surface area contributed by atoms with Gasteiger partial charge in [0.2, 0.25) is 5.91 Å². The Morgan fingerprint density at radius 3 is 2.64 bits per heavy atom. The van der Waals surface area contributed by atoms with Gasteiger partial charge in [-0.1, -0.05) is 47.7 Å². The van der Waals surface area contributed by atoms with Crippen molar-refractivity contribution in [3.05, 3.63) is 59.7 Å². The molecule has 126 valence electrons. The lowest BCUT2D eigenvalue weighted by molar-refractivity contribution is -0.137. The smallest absolute Gasteiger partial charge is 0.229 e. The van der Waals surface area contributed by atoms with Crippen molar-refractivity contribution in [2.24, 2.45) is 5.92 Å². The first-order valence-electron chi connectivity index (χ1n) is 8.74. The molecule has 1 aromatic heterocycles. The maximum Gasteiger partial charge on any atom is 0.229 e. The minimum absolute atomic E-state index is 0.109. The van der Waals surface area contributed by atoms with Crippen molar-refractivity contribution in [1.82, 2.24) is 9.88 Å². The van der Waals surface area contributed by atoms with Crippen molar-refractivity contribution in [3.8, 4) is 0 Å². The second-order valence-corrected chi connectivity index (χ2v) is 7.85. The Morgan fingerprint density at radius 2 is 1.80 bits per heavy atom. The van der Waals surface area contributed by atoms with E-state index in [1.807, 2.05) is 23.1 Å². The Bertz CT molecular complexity index is 912. The fourth-order valence-electron chi connectivity index (χ4n) is 3.73. The lowest BCUT2D eigenvalue weighted by atomic mass is 9.95. The zero-order valence-corrected chi connectivity index (χ0v) is 14.7. The maximum absolute atomic E-state index is 12.8. The molecule has 0 bridgehead atoms. The van der Waals surface area contributed by atoms with E-state index in [1.54, 1.807) is 11.3 Å². The summed E-state index contributed by atoms with van der Waals surface area (Å²) in [6.45, 7) is 3.17. The number of hydrogen-bond donors (Lipinski definition) is 0. The summed E-state index contributed by atoms with van der Waals surface area (Å²) < 4.78 is 1.21. The minimum atomic E-state index is 0.109. The first-order chi connectivity index (χ1) is 12.3. The quantitative estimate of drug-likeness (QED) is 0.712. The van der Waals surface area contributed by atoms with Gasteiger partial charge in [-0.2, -0.15) is 0 Å². The van der Waals surface area contributed by atoms with E-state index < -0.39 is 0 Å². The van der Waals surface area contributed by atoms with Crippen LogP contribution in [0.5, 0.6) is 0 Å². The SMILES string of the molecule is O=C(C1CN(c2nc3ccccc3s2)C1)N1CCc2ccccc2C1. The first kappa shape index (κ1) is 14.9. The van der Waals surface area contributed by atoms with Crippen LogP contribution in [0.4, 0.5) is 5.13 Å². The number of benzene rings is 2. The van der Waals surface area contributed by atoms with Crippen molar-refractivity contribution in [3.63, 3.8) is 0 Å². The van der Waals surface area contributed by atoms with Crippen molar-refractivity contribution >= 4 is 32.6 Å². The van der Waals surface area contributed by atoms with Gasteiger partial charge >= 0.3 is 0 Å². The van der Waals surface area contributed by atoms with E-state index in [9.17, 15) is 4.79 Å². The number of para-hydroxylation sites is 1. The molecule has 3 aromatic rings. The van der Waals surface area contributed by atoms with Crippen LogP contribution in [0.1, 0.15) is 11.1 Å². The van der Waals surface area contributed by atoms with Crippen LogP contribution in [-0.4, -0.2) is 35.4 Å². The van der Waals surface area contributed by atoms with E-state index in [0.717, 1.165) is 43.2 Å². The lowest BCUT2D eigenvalue weighted by Crippen LogP contribution is -2.55. The molecule has 3 heterocycles. The third kappa shape index (κ3) is 2.59. The predicted molar refractivity (Wildman–Crippen MR) is 101 cm³/mol. The largest absolute Gasteiger partial charge is 0.346 e. The van der Waals surface area contributed by atoms with Gasteiger partial charge in [0.15, 0.2) is 5.13 Å². The van der Waals surface area contributed by atoms with Gasteiger partial charge < -0.3 is 9.80 Å². The molecule has 0 N–H and O–H groups in total. The number of fused-ring (bicyclic) bond motifs is 2. The lowest BCUT2D eigenvalue weighted by Gasteiger charge is -2.41. The molecule has 4 nitrogen and oxygen atoms in total. The number of thiazole rings is 1. The number of anilines is 1. The van der Waals surface area contributed by atoms with Crippen LogP contribution >= 0.6 is 11.3 Å². The molecule has 2 aliphatic rings. The number of carbonyl (C=O) groups excluding carboxylic acids is 1. The summed E-state index contributed by atoms with van der Waals surface area (Å²) >= 11 is 1.71. The summed E-state index contributed by atoms with van der Waals surface area (Å²) in [5.41, 5.74) is 3.73. The van der Waals surface area contributed by atoms with Gasteiger partial charge in [-0.15, -0.1) is 0 Å². The van der Waals surface area contributed by atoms with Gasteiger partial charge in [-0.05, 0) is 29.7 Å². The average molecular weight is 349 g/mol. The van der Waals surface area contributed by atoms with E-state index >= 15 is 0 Å². The standard InChI is InChI=1S/C20H19N3OS/c24-19(22-10-9-14-5-1-2-6-15(14)11-22)16-12-23(13-16)20-21-17-7-3-4-8-18(17)25-20/h1-8,16H,9-13H2. The molecular formula is C20H19N3OS. The number of amides is 1. The Balaban J connectivity index is 1.25. The van der Waals surface area contributed by atoms with Gasteiger partial charge in [0.05, 0.1) is 16.1 Å². The highest BCUT2D eigenvalue weighted by Gasteiger charge is 2.37.